The zero-order chi connectivity index (χ0) is 12.6. The van der Waals surface area contributed by atoms with Gasteiger partial charge in [0.1, 0.15) is 12.4 Å². The first kappa shape index (κ1) is 12.9. The minimum Gasteiger partial charge on any atom is -0.492 e. The monoisotopic (exact) mass is 246 g/mol. The normalized spacial score (nSPS) is 18.2. The molecule has 1 aliphatic rings. The Morgan fingerprint density at radius 3 is 3.06 bits per heavy atom. The van der Waals surface area contributed by atoms with Crippen LogP contribution in [-0.2, 0) is 4.74 Å². The van der Waals surface area contributed by atoms with Crippen LogP contribution in [0, 0.1) is 11.8 Å². The number of hydrogen-bond acceptors (Lipinski definition) is 3. The molecule has 18 heavy (non-hydrogen) atoms. The second-order valence-electron chi connectivity index (χ2n) is 4.23. The number of ether oxygens (including phenoxy) is 2. The lowest BCUT2D eigenvalue weighted by atomic mass is 10.2. The first-order valence-electron chi connectivity index (χ1n) is 6.33. The quantitative estimate of drug-likeness (QED) is 0.826. The van der Waals surface area contributed by atoms with Crippen LogP contribution >= 0.6 is 0 Å². The van der Waals surface area contributed by atoms with Crippen molar-refractivity contribution in [3.8, 4) is 17.6 Å². The molecule has 0 bridgehead atoms. The first-order chi connectivity index (χ1) is 8.90. The third-order valence-corrected chi connectivity index (χ3v) is 2.91. The van der Waals surface area contributed by atoms with Crippen LogP contribution in [0.2, 0.25) is 0 Å². The van der Waals surface area contributed by atoms with Crippen molar-refractivity contribution in [3.05, 3.63) is 29.8 Å². The van der Waals surface area contributed by atoms with E-state index in [0.29, 0.717) is 12.7 Å². The summed E-state index contributed by atoms with van der Waals surface area (Å²) in [4.78, 5) is 0. The van der Waals surface area contributed by atoms with Crippen LogP contribution in [0.1, 0.15) is 24.8 Å². The molecule has 0 saturated carbocycles. The van der Waals surface area contributed by atoms with Crippen LogP contribution in [-0.4, -0.2) is 31.0 Å². The summed E-state index contributed by atoms with van der Waals surface area (Å²) in [7, 11) is 0. The lowest BCUT2D eigenvalue weighted by molar-refractivity contribution is 0.0903. The zero-order valence-electron chi connectivity index (χ0n) is 10.4. The second kappa shape index (κ2) is 7.05. The SMILES string of the molecule is OCC#Cc1ccccc1OCCC1CCCO1. The van der Waals surface area contributed by atoms with Crippen molar-refractivity contribution >= 4 is 0 Å². The lowest BCUT2D eigenvalue weighted by Crippen LogP contribution is -2.11. The van der Waals surface area contributed by atoms with Crippen molar-refractivity contribution in [1.29, 1.82) is 0 Å². The van der Waals surface area contributed by atoms with Gasteiger partial charge in [-0.3, -0.25) is 0 Å². The summed E-state index contributed by atoms with van der Waals surface area (Å²) in [6, 6.07) is 7.63. The molecule has 0 radical (unpaired) electrons. The maximum Gasteiger partial charge on any atom is 0.134 e. The Labute approximate surface area is 108 Å². The highest BCUT2D eigenvalue weighted by Gasteiger charge is 2.15. The molecule has 1 unspecified atom stereocenters. The van der Waals surface area contributed by atoms with Crippen LogP contribution in [0.25, 0.3) is 0 Å². The Hall–Kier alpha value is -1.50. The molecule has 3 nitrogen and oxygen atoms in total. The molecule has 1 saturated heterocycles. The largest absolute Gasteiger partial charge is 0.492 e. The number of aliphatic hydroxyl groups is 1. The maximum atomic E-state index is 8.71. The van der Waals surface area contributed by atoms with Gasteiger partial charge in [-0.15, -0.1) is 0 Å². The summed E-state index contributed by atoms with van der Waals surface area (Å²) in [5.74, 6) is 6.30. The molecule has 1 aromatic rings. The molecule has 2 rings (SSSR count). The fourth-order valence-electron chi connectivity index (χ4n) is 2.00. The molecule has 0 amide bonds. The molecule has 0 aromatic heterocycles. The fraction of sp³-hybridized carbons (Fsp3) is 0.467. The summed E-state index contributed by atoms with van der Waals surface area (Å²) in [6.45, 7) is 1.38. The number of aliphatic hydroxyl groups excluding tert-OH is 1. The van der Waals surface area contributed by atoms with Gasteiger partial charge in [-0.05, 0) is 25.0 Å². The summed E-state index contributed by atoms with van der Waals surface area (Å²) < 4.78 is 11.3. The van der Waals surface area contributed by atoms with E-state index in [1.165, 1.54) is 0 Å². The van der Waals surface area contributed by atoms with Crippen LogP contribution in [0.4, 0.5) is 0 Å². The molecule has 1 aliphatic heterocycles. The van der Waals surface area contributed by atoms with E-state index in [-0.39, 0.29) is 6.61 Å². The summed E-state index contributed by atoms with van der Waals surface area (Å²) in [5.41, 5.74) is 0.818. The van der Waals surface area contributed by atoms with Gasteiger partial charge in [0.2, 0.25) is 0 Å². The number of para-hydroxylation sites is 1. The van der Waals surface area contributed by atoms with Gasteiger partial charge >= 0.3 is 0 Å². The average molecular weight is 246 g/mol. The fourth-order valence-corrected chi connectivity index (χ4v) is 2.00. The molecule has 1 atom stereocenters. The predicted molar refractivity (Wildman–Crippen MR) is 69.5 cm³/mol. The van der Waals surface area contributed by atoms with E-state index < -0.39 is 0 Å². The smallest absolute Gasteiger partial charge is 0.134 e. The summed E-state index contributed by atoms with van der Waals surface area (Å²) in [6.07, 6.45) is 3.56. The Balaban J connectivity index is 1.87. The van der Waals surface area contributed by atoms with Crippen LogP contribution in [0.3, 0.4) is 0 Å². The highest BCUT2D eigenvalue weighted by molar-refractivity contribution is 5.45. The summed E-state index contributed by atoms with van der Waals surface area (Å²) in [5, 5.41) is 8.71. The maximum absolute atomic E-state index is 8.71. The van der Waals surface area contributed by atoms with Gasteiger partial charge in [-0.1, -0.05) is 24.0 Å². The number of hydrogen-bond donors (Lipinski definition) is 1. The summed E-state index contributed by atoms with van der Waals surface area (Å²) >= 11 is 0. The third-order valence-electron chi connectivity index (χ3n) is 2.91. The van der Waals surface area contributed by atoms with E-state index in [1.807, 2.05) is 24.3 Å². The van der Waals surface area contributed by atoms with E-state index in [0.717, 1.165) is 37.2 Å². The Morgan fingerprint density at radius 2 is 2.28 bits per heavy atom. The predicted octanol–water partition coefficient (Wildman–Crippen LogP) is 1.98. The molecule has 0 aliphatic carbocycles. The van der Waals surface area contributed by atoms with Gasteiger partial charge in [-0.25, -0.2) is 0 Å². The molecule has 1 heterocycles. The highest BCUT2D eigenvalue weighted by Crippen LogP contribution is 2.19. The molecule has 1 fully saturated rings. The van der Waals surface area contributed by atoms with Gasteiger partial charge in [0.15, 0.2) is 0 Å². The van der Waals surface area contributed by atoms with Crippen LogP contribution in [0.5, 0.6) is 5.75 Å². The van der Waals surface area contributed by atoms with Gasteiger partial charge in [-0.2, -0.15) is 0 Å². The Bertz CT molecular complexity index is 425. The Kier molecular flexibility index (Phi) is 5.07. The minimum atomic E-state index is -0.135. The molecule has 1 aromatic carbocycles. The average Bonchev–Trinajstić information content (AvgIpc) is 2.91. The molecule has 0 spiro atoms. The molecule has 96 valence electrons. The zero-order valence-corrected chi connectivity index (χ0v) is 10.4. The topological polar surface area (TPSA) is 38.7 Å². The number of benzene rings is 1. The van der Waals surface area contributed by atoms with Crippen molar-refractivity contribution in [1.82, 2.24) is 0 Å². The van der Waals surface area contributed by atoms with Gasteiger partial charge < -0.3 is 14.6 Å². The van der Waals surface area contributed by atoms with Gasteiger partial charge in [0.05, 0.1) is 18.3 Å². The van der Waals surface area contributed by atoms with Crippen molar-refractivity contribution in [3.63, 3.8) is 0 Å². The first-order valence-corrected chi connectivity index (χ1v) is 6.33. The second-order valence-corrected chi connectivity index (χ2v) is 4.23. The Morgan fingerprint density at radius 1 is 1.39 bits per heavy atom. The van der Waals surface area contributed by atoms with Gasteiger partial charge in [0, 0.05) is 13.0 Å². The van der Waals surface area contributed by atoms with Crippen LogP contribution in [0.15, 0.2) is 24.3 Å². The van der Waals surface area contributed by atoms with E-state index in [9.17, 15) is 0 Å². The van der Waals surface area contributed by atoms with Crippen molar-refractivity contribution < 1.29 is 14.6 Å². The van der Waals surface area contributed by atoms with Crippen molar-refractivity contribution in [2.75, 3.05) is 19.8 Å². The highest BCUT2D eigenvalue weighted by atomic mass is 16.5. The van der Waals surface area contributed by atoms with Crippen LogP contribution < -0.4 is 4.74 Å². The molecule has 1 N–H and O–H groups in total. The minimum absolute atomic E-state index is 0.135. The van der Waals surface area contributed by atoms with Gasteiger partial charge in [0.25, 0.3) is 0 Å². The third kappa shape index (κ3) is 3.76. The molecular weight excluding hydrogens is 228 g/mol. The lowest BCUT2D eigenvalue weighted by Gasteiger charge is -2.11. The number of rotatable bonds is 4. The van der Waals surface area contributed by atoms with Crippen molar-refractivity contribution in [2.24, 2.45) is 0 Å². The van der Waals surface area contributed by atoms with E-state index >= 15 is 0 Å². The molecular formula is C15H18O3. The van der Waals surface area contributed by atoms with E-state index in [4.69, 9.17) is 14.6 Å². The molecule has 3 heteroatoms. The van der Waals surface area contributed by atoms with E-state index in [2.05, 4.69) is 11.8 Å². The van der Waals surface area contributed by atoms with E-state index in [1.54, 1.807) is 0 Å². The standard InChI is InChI=1S/C15H18O3/c16-10-3-6-13-5-1-2-8-15(13)18-12-9-14-7-4-11-17-14/h1-2,5,8,14,16H,4,7,9-12H2. The van der Waals surface area contributed by atoms with Crippen molar-refractivity contribution in [2.45, 2.75) is 25.4 Å².